The minimum Gasteiger partial charge on any atom is -0.352 e. The van der Waals surface area contributed by atoms with Crippen LogP contribution >= 0.6 is 0 Å². The van der Waals surface area contributed by atoms with Gasteiger partial charge in [0, 0.05) is 32.6 Å². The van der Waals surface area contributed by atoms with Crippen molar-refractivity contribution < 1.29 is 9.59 Å². The lowest BCUT2D eigenvalue weighted by atomic mass is 9.98. The first-order valence-electron chi connectivity index (χ1n) is 11.8. The van der Waals surface area contributed by atoms with Gasteiger partial charge in [0.1, 0.15) is 0 Å². The molecule has 0 aromatic heterocycles. The molecule has 2 amide bonds. The number of amides is 2. The van der Waals surface area contributed by atoms with Crippen molar-refractivity contribution in [3.05, 3.63) is 95.1 Å². The normalized spacial score (nSPS) is 15.7. The molecule has 176 valence electrons. The lowest BCUT2D eigenvalue weighted by Gasteiger charge is -2.17. The largest absolute Gasteiger partial charge is 0.352 e. The van der Waals surface area contributed by atoms with Gasteiger partial charge in [0.25, 0.3) is 0 Å². The molecule has 3 aromatic rings. The number of benzene rings is 3. The Bertz CT molecular complexity index is 1140. The molecular formula is C29H33N3O2. The second-order valence-corrected chi connectivity index (χ2v) is 9.47. The fraction of sp³-hybridized carbons (Fsp3) is 0.310. The van der Waals surface area contributed by atoms with E-state index in [4.69, 9.17) is 0 Å². The zero-order valence-corrected chi connectivity index (χ0v) is 20.3. The number of likely N-dealkylation sites (tertiary alicyclic amines) is 1. The Morgan fingerprint density at radius 1 is 0.971 bits per heavy atom. The minimum atomic E-state index is -0.310. The second kappa shape index (κ2) is 10.7. The maximum atomic E-state index is 12.9. The first-order valence-corrected chi connectivity index (χ1v) is 11.8. The molecule has 4 rings (SSSR count). The molecule has 0 radical (unpaired) electrons. The van der Waals surface area contributed by atoms with Crippen LogP contribution in [-0.4, -0.2) is 42.3 Å². The van der Waals surface area contributed by atoms with Crippen LogP contribution < -0.4 is 5.32 Å². The van der Waals surface area contributed by atoms with Gasteiger partial charge in [-0.1, -0.05) is 78.4 Å². The molecule has 1 atom stereocenters. The quantitative estimate of drug-likeness (QED) is 0.548. The van der Waals surface area contributed by atoms with Crippen molar-refractivity contribution >= 4 is 11.8 Å². The second-order valence-electron chi connectivity index (χ2n) is 9.47. The third-order valence-corrected chi connectivity index (χ3v) is 6.31. The summed E-state index contributed by atoms with van der Waals surface area (Å²) in [7, 11) is 4.12. The number of hydrogen-bond donors (Lipinski definition) is 1. The smallest absolute Gasteiger partial charge is 0.225 e. The van der Waals surface area contributed by atoms with Gasteiger partial charge < -0.3 is 15.1 Å². The molecule has 5 nitrogen and oxygen atoms in total. The van der Waals surface area contributed by atoms with Crippen molar-refractivity contribution in [3.8, 4) is 11.1 Å². The molecule has 0 bridgehead atoms. The van der Waals surface area contributed by atoms with Crippen LogP contribution in [0.4, 0.5) is 0 Å². The Balaban J connectivity index is 1.37. The van der Waals surface area contributed by atoms with E-state index < -0.39 is 0 Å². The summed E-state index contributed by atoms with van der Waals surface area (Å²) >= 11 is 0. The third-order valence-electron chi connectivity index (χ3n) is 6.31. The maximum Gasteiger partial charge on any atom is 0.225 e. The van der Waals surface area contributed by atoms with Crippen LogP contribution in [0.3, 0.4) is 0 Å². The van der Waals surface area contributed by atoms with Gasteiger partial charge in [0.05, 0.1) is 5.92 Å². The molecule has 1 N–H and O–H groups in total. The van der Waals surface area contributed by atoms with Gasteiger partial charge in [-0.2, -0.15) is 0 Å². The molecule has 0 saturated carbocycles. The van der Waals surface area contributed by atoms with E-state index in [2.05, 4.69) is 54.6 Å². The van der Waals surface area contributed by atoms with Crippen molar-refractivity contribution in [2.24, 2.45) is 5.92 Å². The highest BCUT2D eigenvalue weighted by Crippen LogP contribution is 2.25. The number of carbonyl (C=O) groups excluding carboxylic acids is 2. The predicted molar refractivity (Wildman–Crippen MR) is 136 cm³/mol. The third kappa shape index (κ3) is 5.91. The summed E-state index contributed by atoms with van der Waals surface area (Å²) in [5, 5.41) is 3.08. The molecule has 1 aliphatic rings. The highest BCUT2D eigenvalue weighted by molar-refractivity contribution is 5.89. The monoisotopic (exact) mass is 455 g/mol. The van der Waals surface area contributed by atoms with Gasteiger partial charge >= 0.3 is 0 Å². The van der Waals surface area contributed by atoms with E-state index in [1.807, 2.05) is 49.4 Å². The topological polar surface area (TPSA) is 52.7 Å². The summed E-state index contributed by atoms with van der Waals surface area (Å²) in [5.41, 5.74) is 6.86. The molecule has 0 aliphatic carbocycles. The number of aryl methyl sites for hydroxylation is 1. The van der Waals surface area contributed by atoms with Crippen LogP contribution in [0.2, 0.25) is 0 Å². The van der Waals surface area contributed by atoms with E-state index in [-0.39, 0.29) is 24.2 Å². The van der Waals surface area contributed by atoms with Crippen molar-refractivity contribution in [1.29, 1.82) is 0 Å². The molecule has 1 unspecified atom stereocenters. The van der Waals surface area contributed by atoms with Gasteiger partial charge in [-0.3, -0.25) is 9.59 Å². The van der Waals surface area contributed by atoms with Crippen molar-refractivity contribution in [3.63, 3.8) is 0 Å². The molecular weight excluding hydrogens is 422 g/mol. The van der Waals surface area contributed by atoms with Crippen LogP contribution in [0.25, 0.3) is 11.1 Å². The van der Waals surface area contributed by atoms with Gasteiger partial charge in [0.2, 0.25) is 11.8 Å². The van der Waals surface area contributed by atoms with Crippen LogP contribution in [0.15, 0.2) is 72.8 Å². The molecule has 1 fully saturated rings. The molecule has 1 heterocycles. The summed E-state index contributed by atoms with van der Waals surface area (Å²) in [6.45, 7) is 4.41. The van der Waals surface area contributed by atoms with E-state index in [9.17, 15) is 9.59 Å². The average molecular weight is 456 g/mol. The average Bonchev–Trinajstić information content (AvgIpc) is 3.19. The molecule has 3 aromatic carbocycles. The van der Waals surface area contributed by atoms with Gasteiger partial charge in [-0.05, 0) is 48.8 Å². The Hall–Kier alpha value is -3.44. The first-order chi connectivity index (χ1) is 16.4. The standard InChI is InChI=1S/C29H33N3O2/c1-21-8-10-23(11-9-21)19-32-20-26(16-28(32)33)29(34)30-17-25-6-4-5-7-27(25)24-14-12-22(13-15-24)18-31(2)3/h4-15,26H,16-20H2,1-3H3,(H,30,34). The Labute approximate surface area is 202 Å². The number of hydrogen-bond acceptors (Lipinski definition) is 3. The first kappa shape index (κ1) is 23.7. The predicted octanol–water partition coefficient (Wildman–Crippen LogP) is 4.39. The van der Waals surface area contributed by atoms with Gasteiger partial charge in [-0.15, -0.1) is 0 Å². The van der Waals surface area contributed by atoms with Crippen LogP contribution in [-0.2, 0) is 29.2 Å². The van der Waals surface area contributed by atoms with Crippen molar-refractivity contribution in [2.45, 2.75) is 33.0 Å². The lowest BCUT2D eigenvalue weighted by molar-refractivity contribution is -0.129. The number of rotatable bonds is 8. The SMILES string of the molecule is Cc1ccc(CN2CC(C(=O)NCc3ccccc3-c3ccc(CN(C)C)cc3)CC2=O)cc1. The van der Waals surface area contributed by atoms with E-state index in [1.54, 1.807) is 4.90 Å². The molecule has 0 spiro atoms. The summed E-state index contributed by atoms with van der Waals surface area (Å²) in [4.78, 5) is 29.4. The van der Waals surface area contributed by atoms with Crippen molar-refractivity contribution in [2.75, 3.05) is 20.6 Å². The zero-order chi connectivity index (χ0) is 24.1. The lowest BCUT2D eigenvalue weighted by Crippen LogP contribution is -2.32. The van der Waals surface area contributed by atoms with E-state index in [0.717, 1.165) is 28.8 Å². The fourth-order valence-corrected chi connectivity index (χ4v) is 4.45. The number of nitrogens with one attached hydrogen (secondary N) is 1. The van der Waals surface area contributed by atoms with Gasteiger partial charge in [0.15, 0.2) is 0 Å². The fourth-order valence-electron chi connectivity index (χ4n) is 4.45. The van der Waals surface area contributed by atoms with E-state index in [0.29, 0.717) is 19.6 Å². The Morgan fingerprint density at radius 2 is 1.65 bits per heavy atom. The maximum absolute atomic E-state index is 12.9. The number of carbonyl (C=O) groups is 2. The van der Waals surface area contributed by atoms with E-state index >= 15 is 0 Å². The summed E-state index contributed by atoms with van der Waals surface area (Å²) in [5.74, 6) is -0.328. The van der Waals surface area contributed by atoms with Crippen LogP contribution in [0, 0.1) is 12.8 Å². The summed E-state index contributed by atoms with van der Waals surface area (Å²) in [6, 6.07) is 24.9. The minimum absolute atomic E-state index is 0.0407. The zero-order valence-electron chi connectivity index (χ0n) is 20.3. The highest BCUT2D eigenvalue weighted by atomic mass is 16.2. The molecule has 34 heavy (non-hydrogen) atoms. The summed E-state index contributed by atoms with van der Waals surface area (Å²) in [6.07, 6.45) is 0.271. The molecule has 1 aliphatic heterocycles. The molecule has 5 heteroatoms. The van der Waals surface area contributed by atoms with Crippen LogP contribution in [0.1, 0.15) is 28.7 Å². The van der Waals surface area contributed by atoms with E-state index in [1.165, 1.54) is 11.1 Å². The Morgan fingerprint density at radius 3 is 2.35 bits per heavy atom. The van der Waals surface area contributed by atoms with Crippen molar-refractivity contribution in [1.82, 2.24) is 15.1 Å². The highest BCUT2D eigenvalue weighted by Gasteiger charge is 2.34. The Kier molecular flexibility index (Phi) is 7.43. The molecule has 1 saturated heterocycles. The summed E-state index contributed by atoms with van der Waals surface area (Å²) < 4.78 is 0. The van der Waals surface area contributed by atoms with Crippen LogP contribution in [0.5, 0.6) is 0 Å². The number of nitrogens with zero attached hydrogens (tertiary/aromatic N) is 2. The van der Waals surface area contributed by atoms with Gasteiger partial charge in [-0.25, -0.2) is 0 Å².